The predicted octanol–water partition coefficient (Wildman–Crippen LogP) is 2.30. The van der Waals surface area contributed by atoms with Crippen molar-refractivity contribution >= 4 is 23.1 Å². The summed E-state index contributed by atoms with van der Waals surface area (Å²) in [4.78, 5) is 1.10. The molecule has 1 N–H and O–H groups in total. The maximum Gasteiger partial charge on any atom is 0.0892 e. The van der Waals surface area contributed by atoms with Gasteiger partial charge in [0.25, 0.3) is 0 Å². The van der Waals surface area contributed by atoms with Gasteiger partial charge in [-0.1, -0.05) is 29.9 Å². The van der Waals surface area contributed by atoms with Gasteiger partial charge in [0.05, 0.1) is 46.7 Å². The highest BCUT2D eigenvalue weighted by Crippen LogP contribution is 2.31. The molecule has 0 radical (unpaired) electrons. The lowest BCUT2D eigenvalue weighted by Crippen LogP contribution is -2.26. The van der Waals surface area contributed by atoms with Crippen molar-refractivity contribution in [3.05, 3.63) is 27.5 Å². The van der Waals surface area contributed by atoms with Crippen LogP contribution in [0.2, 0.25) is 5.02 Å². The Morgan fingerprint density at radius 2 is 2.29 bits per heavy atom. The Labute approximate surface area is 133 Å². The molecule has 0 aliphatic rings. The summed E-state index contributed by atoms with van der Waals surface area (Å²) in [5, 5.41) is 12.7. The summed E-state index contributed by atoms with van der Waals surface area (Å²) in [5.41, 5.74) is 1.94. The first-order valence-corrected chi connectivity index (χ1v) is 8.12. The van der Waals surface area contributed by atoms with Gasteiger partial charge in [-0.05, 0) is 24.5 Å². The maximum atomic E-state index is 6.37. The molecule has 2 aromatic rings. The molecule has 1 atom stereocenters. The smallest absolute Gasteiger partial charge is 0.0892 e. The molecule has 6 nitrogen and oxygen atoms in total. The van der Waals surface area contributed by atoms with E-state index in [0.29, 0.717) is 18.2 Å². The third kappa shape index (κ3) is 3.60. The molecule has 2 heterocycles. The lowest BCUT2D eigenvalue weighted by atomic mass is 10.1. The van der Waals surface area contributed by atoms with E-state index in [1.807, 2.05) is 4.68 Å². The molecule has 0 fully saturated rings. The van der Waals surface area contributed by atoms with Gasteiger partial charge >= 0.3 is 0 Å². The average molecular weight is 330 g/mol. The zero-order valence-electron chi connectivity index (χ0n) is 12.5. The Bertz CT molecular complexity index is 571. The largest absolute Gasteiger partial charge is 0.383 e. The number of ether oxygens (including phenoxy) is 1. The fourth-order valence-electron chi connectivity index (χ4n) is 2.21. The van der Waals surface area contributed by atoms with Gasteiger partial charge in [-0.2, -0.15) is 5.10 Å². The first kappa shape index (κ1) is 16.4. The van der Waals surface area contributed by atoms with Crippen LogP contribution in [0.5, 0.6) is 0 Å². The Kier molecular flexibility index (Phi) is 6.10. The van der Waals surface area contributed by atoms with Gasteiger partial charge in [0, 0.05) is 7.11 Å². The first-order valence-electron chi connectivity index (χ1n) is 6.97. The third-order valence-electron chi connectivity index (χ3n) is 3.20. The zero-order valence-corrected chi connectivity index (χ0v) is 14.0. The molecule has 0 aliphatic carbocycles. The number of methoxy groups -OCH3 is 1. The molecular formula is C13H20ClN5OS. The number of aryl methyl sites for hydroxylation is 1. The second-order valence-electron chi connectivity index (χ2n) is 4.52. The van der Waals surface area contributed by atoms with E-state index in [9.17, 15) is 0 Å². The summed E-state index contributed by atoms with van der Waals surface area (Å²) < 4.78 is 11.1. The van der Waals surface area contributed by atoms with Crippen LogP contribution in [-0.2, 0) is 17.7 Å². The molecule has 0 aliphatic heterocycles. The van der Waals surface area contributed by atoms with E-state index in [1.54, 1.807) is 13.3 Å². The van der Waals surface area contributed by atoms with Crippen LogP contribution in [0.15, 0.2) is 6.20 Å². The van der Waals surface area contributed by atoms with Crippen LogP contribution in [0.4, 0.5) is 0 Å². The molecule has 8 heteroatoms. The highest BCUT2D eigenvalue weighted by Gasteiger charge is 2.25. The van der Waals surface area contributed by atoms with Crippen LogP contribution in [0.3, 0.4) is 0 Å². The van der Waals surface area contributed by atoms with Crippen LogP contribution in [0.1, 0.15) is 36.2 Å². The number of nitrogens with one attached hydrogen (secondary N) is 1. The maximum absolute atomic E-state index is 6.37. The van der Waals surface area contributed by atoms with E-state index in [-0.39, 0.29) is 6.04 Å². The van der Waals surface area contributed by atoms with Crippen LogP contribution >= 0.6 is 23.1 Å². The van der Waals surface area contributed by atoms with Crippen LogP contribution in [-0.4, -0.2) is 39.6 Å². The Balaban J connectivity index is 2.40. The summed E-state index contributed by atoms with van der Waals surface area (Å²) in [6.45, 7) is 6.21. The number of hydrogen-bond donors (Lipinski definition) is 1. The predicted molar refractivity (Wildman–Crippen MR) is 83.9 cm³/mol. The summed E-state index contributed by atoms with van der Waals surface area (Å²) >= 11 is 7.77. The molecule has 2 aromatic heterocycles. The normalized spacial score (nSPS) is 12.8. The minimum absolute atomic E-state index is 0.0446. The molecule has 1 unspecified atom stereocenters. The second kappa shape index (κ2) is 7.84. The zero-order chi connectivity index (χ0) is 15.2. The minimum atomic E-state index is -0.0446. The number of halogens is 1. The average Bonchev–Trinajstić information content (AvgIpc) is 3.09. The van der Waals surface area contributed by atoms with Crippen LogP contribution in [0, 0.1) is 0 Å². The monoisotopic (exact) mass is 329 g/mol. The Morgan fingerprint density at radius 1 is 1.48 bits per heavy atom. The highest BCUT2D eigenvalue weighted by atomic mass is 35.5. The summed E-state index contributed by atoms with van der Waals surface area (Å²) in [6, 6.07) is -0.0446. The van der Waals surface area contributed by atoms with Gasteiger partial charge in [0.1, 0.15) is 0 Å². The minimum Gasteiger partial charge on any atom is -0.383 e. The molecule has 116 valence electrons. The molecule has 0 amide bonds. The topological polar surface area (TPSA) is 64.9 Å². The van der Waals surface area contributed by atoms with E-state index >= 15 is 0 Å². The van der Waals surface area contributed by atoms with Gasteiger partial charge in [-0.25, -0.2) is 0 Å². The fraction of sp³-hybridized carbons (Fsp3) is 0.615. The molecule has 21 heavy (non-hydrogen) atoms. The molecular weight excluding hydrogens is 310 g/mol. The molecule has 0 aromatic carbocycles. The van der Waals surface area contributed by atoms with E-state index in [1.165, 1.54) is 11.5 Å². The van der Waals surface area contributed by atoms with Crippen molar-refractivity contribution in [2.24, 2.45) is 0 Å². The summed E-state index contributed by atoms with van der Waals surface area (Å²) in [6.07, 6.45) is 2.52. The van der Waals surface area contributed by atoms with Crippen molar-refractivity contribution in [3.8, 4) is 0 Å². The van der Waals surface area contributed by atoms with Gasteiger partial charge in [-0.3, -0.25) is 4.68 Å². The number of rotatable bonds is 8. The van der Waals surface area contributed by atoms with E-state index in [2.05, 4.69) is 33.8 Å². The summed E-state index contributed by atoms with van der Waals surface area (Å²) in [5.74, 6) is 0. The van der Waals surface area contributed by atoms with Crippen LogP contribution in [0.25, 0.3) is 0 Å². The SMILES string of the molecule is CCNC(c1snnc1CC)c1c(Cl)cnn1CCOC. The van der Waals surface area contributed by atoms with E-state index in [4.69, 9.17) is 16.3 Å². The number of nitrogens with zero attached hydrogens (tertiary/aromatic N) is 4. The van der Waals surface area contributed by atoms with Crippen molar-refractivity contribution in [1.29, 1.82) is 0 Å². The van der Waals surface area contributed by atoms with Gasteiger partial charge < -0.3 is 10.1 Å². The van der Waals surface area contributed by atoms with Crippen molar-refractivity contribution in [2.75, 3.05) is 20.3 Å². The van der Waals surface area contributed by atoms with Gasteiger partial charge in [0.2, 0.25) is 0 Å². The fourth-order valence-corrected chi connectivity index (χ4v) is 3.28. The van der Waals surface area contributed by atoms with Crippen molar-refractivity contribution in [2.45, 2.75) is 32.9 Å². The van der Waals surface area contributed by atoms with Gasteiger partial charge in [-0.15, -0.1) is 5.10 Å². The second-order valence-corrected chi connectivity index (χ2v) is 5.71. The van der Waals surface area contributed by atoms with E-state index in [0.717, 1.165) is 29.2 Å². The molecule has 0 saturated heterocycles. The molecule has 0 saturated carbocycles. The standard InChI is InChI=1S/C13H20ClN5OS/c1-4-10-13(21-18-17-10)11(15-5-2)12-9(14)8-16-19(12)6-7-20-3/h8,11,15H,4-7H2,1-3H3. The quantitative estimate of drug-likeness (QED) is 0.805. The lowest BCUT2D eigenvalue weighted by molar-refractivity contribution is 0.182. The first-order chi connectivity index (χ1) is 10.2. The van der Waals surface area contributed by atoms with Crippen molar-refractivity contribution in [1.82, 2.24) is 24.7 Å². The van der Waals surface area contributed by atoms with Crippen molar-refractivity contribution < 1.29 is 4.74 Å². The number of hydrogen-bond acceptors (Lipinski definition) is 6. The molecule has 0 spiro atoms. The van der Waals surface area contributed by atoms with Crippen molar-refractivity contribution in [3.63, 3.8) is 0 Å². The molecule has 0 bridgehead atoms. The van der Waals surface area contributed by atoms with E-state index < -0.39 is 0 Å². The lowest BCUT2D eigenvalue weighted by Gasteiger charge is -2.19. The Morgan fingerprint density at radius 3 is 2.95 bits per heavy atom. The summed E-state index contributed by atoms with van der Waals surface area (Å²) in [7, 11) is 1.68. The highest BCUT2D eigenvalue weighted by molar-refractivity contribution is 7.05. The van der Waals surface area contributed by atoms with Gasteiger partial charge in [0.15, 0.2) is 0 Å². The van der Waals surface area contributed by atoms with Crippen LogP contribution < -0.4 is 5.32 Å². The Hall–Kier alpha value is -1.02. The third-order valence-corrected chi connectivity index (χ3v) is 4.33. The molecule has 2 rings (SSSR count). The number of aromatic nitrogens is 4.